The Kier molecular flexibility index (Phi) is 4.36. The molecule has 110 valence electrons. The van der Waals surface area contributed by atoms with Crippen molar-refractivity contribution in [2.45, 2.75) is 16.2 Å². The van der Waals surface area contributed by atoms with Gasteiger partial charge in [0.05, 0.1) is 16.9 Å². The molecule has 8 heteroatoms. The van der Waals surface area contributed by atoms with Crippen molar-refractivity contribution in [3.63, 3.8) is 0 Å². The minimum absolute atomic E-state index is 0.0418. The summed E-state index contributed by atoms with van der Waals surface area (Å²) in [5, 5.41) is 19.2. The number of hydrogen-bond acceptors (Lipinski definition) is 8. The number of hydrogen-bond donors (Lipinski definition) is 2. The van der Waals surface area contributed by atoms with Crippen LogP contribution in [-0.4, -0.2) is 21.7 Å². The van der Waals surface area contributed by atoms with Gasteiger partial charge in [-0.3, -0.25) is 0 Å². The van der Waals surface area contributed by atoms with Crippen LogP contribution in [0.25, 0.3) is 0 Å². The van der Waals surface area contributed by atoms with Gasteiger partial charge in [-0.05, 0) is 30.1 Å². The van der Waals surface area contributed by atoms with Crippen molar-refractivity contribution in [1.82, 2.24) is 0 Å². The Bertz CT molecular complexity index is 628. The molecule has 3 heterocycles. The number of phenolic OH excluding ortho intramolecular Hbond substituents is 2. The van der Waals surface area contributed by atoms with Crippen LogP contribution in [0.5, 0.6) is 11.5 Å². The number of phenols is 2. The van der Waals surface area contributed by atoms with Crippen LogP contribution in [0.3, 0.4) is 0 Å². The minimum Gasteiger partial charge on any atom is -0.504 e. The molecular weight excluding hydrogens is 381 g/mol. The Morgan fingerprint density at radius 2 is 1.14 bits per heavy atom. The van der Waals surface area contributed by atoms with Crippen molar-refractivity contribution >= 4 is 70.6 Å². The molecule has 0 spiro atoms. The Balaban J connectivity index is 1.59. The lowest BCUT2D eigenvalue weighted by atomic mass is 10.3. The zero-order valence-corrected chi connectivity index (χ0v) is 15.5. The summed E-state index contributed by atoms with van der Waals surface area (Å²) >= 11 is 11.1. The van der Waals surface area contributed by atoms with Crippen molar-refractivity contribution in [2.24, 2.45) is 0 Å². The Morgan fingerprint density at radius 3 is 1.67 bits per heavy atom. The van der Waals surface area contributed by atoms with Gasteiger partial charge in [-0.2, -0.15) is 0 Å². The third-order valence-corrected chi connectivity index (χ3v) is 11.6. The van der Waals surface area contributed by atoms with Crippen LogP contribution < -0.4 is 0 Å². The van der Waals surface area contributed by atoms with E-state index in [1.165, 1.54) is 34.9 Å². The molecule has 1 aromatic carbocycles. The Hall–Kier alpha value is 0.400. The summed E-state index contributed by atoms with van der Waals surface area (Å²) in [6.07, 6.45) is 1.28. The van der Waals surface area contributed by atoms with E-state index >= 15 is 0 Å². The normalized spacial score (nSPS) is 21.5. The monoisotopic (exact) mass is 390 g/mol. The quantitative estimate of drug-likeness (QED) is 0.531. The van der Waals surface area contributed by atoms with Crippen molar-refractivity contribution in [3.05, 3.63) is 29.1 Å². The van der Waals surface area contributed by atoms with Crippen LogP contribution in [0, 0.1) is 0 Å². The molecule has 0 unspecified atom stereocenters. The van der Waals surface area contributed by atoms with Crippen LogP contribution in [0.2, 0.25) is 0 Å². The summed E-state index contributed by atoms with van der Waals surface area (Å²) in [7, 11) is 0. The molecule has 3 aliphatic rings. The van der Waals surface area contributed by atoms with Crippen molar-refractivity contribution < 1.29 is 10.2 Å². The van der Waals surface area contributed by atoms with Gasteiger partial charge in [0.15, 0.2) is 11.5 Å². The molecule has 0 amide bonds. The third kappa shape index (κ3) is 2.95. The van der Waals surface area contributed by atoms with Crippen LogP contribution in [0.1, 0.15) is 6.42 Å². The molecule has 0 saturated carbocycles. The standard InChI is InChI=1S/C13H10O2S6/c14-6-4-8-9(5-7(6)15)19-12(18-8)13-20-10-11(21-13)17-3-1-2-16-10/h4-5,14-15H,1-3H2. The summed E-state index contributed by atoms with van der Waals surface area (Å²) in [4.78, 5) is 2.06. The first-order valence-corrected chi connectivity index (χ1v) is 11.5. The molecule has 0 aliphatic carbocycles. The van der Waals surface area contributed by atoms with Gasteiger partial charge in [-0.25, -0.2) is 0 Å². The van der Waals surface area contributed by atoms with E-state index in [1.807, 2.05) is 47.0 Å². The molecule has 3 aliphatic heterocycles. The highest BCUT2D eigenvalue weighted by Crippen LogP contribution is 2.65. The van der Waals surface area contributed by atoms with Crippen LogP contribution in [0.15, 0.2) is 38.9 Å². The summed E-state index contributed by atoms with van der Waals surface area (Å²) < 4.78 is 5.51. The fraction of sp³-hybridized carbons (Fsp3) is 0.231. The Morgan fingerprint density at radius 1 is 0.667 bits per heavy atom. The van der Waals surface area contributed by atoms with E-state index in [-0.39, 0.29) is 11.5 Å². The number of thioether (sulfide) groups is 6. The lowest BCUT2D eigenvalue weighted by molar-refractivity contribution is 0.401. The van der Waals surface area contributed by atoms with Gasteiger partial charge >= 0.3 is 0 Å². The van der Waals surface area contributed by atoms with Gasteiger partial charge in [0, 0.05) is 9.79 Å². The van der Waals surface area contributed by atoms with Gasteiger partial charge < -0.3 is 10.2 Å². The summed E-state index contributed by atoms with van der Waals surface area (Å²) in [6.45, 7) is 0. The SMILES string of the molecule is Oc1cc2c(cc1O)SC(=C1SC3=C(SCCCS3)S1)S2. The molecule has 2 nitrogen and oxygen atoms in total. The Labute approximate surface area is 148 Å². The predicted molar refractivity (Wildman–Crippen MR) is 100 cm³/mol. The molecule has 1 aromatic rings. The molecule has 0 aromatic heterocycles. The molecule has 2 N–H and O–H groups in total. The highest BCUT2D eigenvalue weighted by Gasteiger charge is 2.30. The molecular formula is C13H10O2S6. The largest absolute Gasteiger partial charge is 0.504 e. The van der Waals surface area contributed by atoms with Crippen molar-refractivity contribution in [1.29, 1.82) is 0 Å². The average molecular weight is 391 g/mol. The van der Waals surface area contributed by atoms with Gasteiger partial charge in [-0.15, -0.1) is 23.5 Å². The third-order valence-electron chi connectivity index (χ3n) is 2.91. The minimum atomic E-state index is -0.0418. The molecule has 21 heavy (non-hydrogen) atoms. The topological polar surface area (TPSA) is 40.5 Å². The maximum absolute atomic E-state index is 9.62. The maximum Gasteiger partial charge on any atom is 0.158 e. The average Bonchev–Trinajstić information content (AvgIpc) is 2.98. The number of rotatable bonds is 0. The van der Waals surface area contributed by atoms with E-state index in [0.717, 1.165) is 9.79 Å². The zero-order valence-electron chi connectivity index (χ0n) is 10.6. The highest BCUT2D eigenvalue weighted by atomic mass is 32.3. The van der Waals surface area contributed by atoms with E-state index in [9.17, 15) is 10.2 Å². The smallest absolute Gasteiger partial charge is 0.158 e. The van der Waals surface area contributed by atoms with Crippen molar-refractivity contribution in [3.8, 4) is 11.5 Å². The van der Waals surface area contributed by atoms with E-state index in [2.05, 4.69) is 0 Å². The maximum atomic E-state index is 9.62. The molecule has 0 bridgehead atoms. The van der Waals surface area contributed by atoms with E-state index in [0.29, 0.717) is 0 Å². The van der Waals surface area contributed by atoms with E-state index < -0.39 is 0 Å². The van der Waals surface area contributed by atoms with E-state index in [1.54, 1.807) is 35.7 Å². The fourth-order valence-corrected chi connectivity index (χ4v) is 10.8. The van der Waals surface area contributed by atoms with Crippen molar-refractivity contribution in [2.75, 3.05) is 11.5 Å². The number of aromatic hydroxyl groups is 2. The van der Waals surface area contributed by atoms with Crippen LogP contribution in [0.4, 0.5) is 0 Å². The lowest BCUT2D eigenvalue weighted by Gasteiger charge is -2.02. The second-order valence-electron chi connectivity index (χ2n) is 4.40. The van der Waals surface area contributed by atoms with Gasteiger partial charge in [0.25, 0.3) is 0 Å². The molecule has 0 fully saturated rings. The van der Waals surface area contributed by atoms with Gasteiger partial charge in [0.2, 0.25) is 0 Å². The first kappa shape index (κ1) is 15.0. The summed E-state index contributed by atoms with van der Waals surface area (Å²) in [6, 6.07) is 3.31. The predicted octanol–water partition coefficient (Wildman–Crippen LogP) is 5.90. The highest BCUT2D eigenvalue weighted by molar-refractivity contribution is 8.42. The summed E-state index contributed by atoms with van der Waals surface area (Å²) in [5.74, 6) is 2.34. The summed E-state index contributed by atoms with van der Waals surface area (Å²) in [5.41, 5.74) is 0. The van der Waals surface area contributed by atoms with Gasteiger partial charge in [-0.1, -0.05) is 47.0 Å². The molecule has 0 saturated heterocycles. The number of fused-ring (bicyclic) bond motifs is 1. The second kappa shape index (κ2) is 6.13. The van der Waals surface area contributed by atoms with Crippen LogP contribution >= 0.6 is 70.6 Å². The number of benzene rings is 1. The molecule has 0 atom stereocenters. The van der Waals surface area contributed by atoms with Gasteiger partial charge in [0.1, 0.15) is 0 Å². The van der Waals surface area contributed by atoms with E-state index in [4.69, 9.17) is 0 Å². The zero-order chi connectivity index (χ0) is 14.4. The van der Waals surface area contributed by atoms with Crippen LogP contribution in [-0.2, 0) is 0 Å². The molecule has 4 rings (SSSR count). The fourth-order valence-electron chi connectivity index (χ4n) is 1.92. The lowest BCUT2D eigenvalue weighted by Crippen LogP contribution is -1.78. The molecule has 0 radical (unpaired) electrons. The first-order valence-electron chi connectivity index (χ1n) is 6.22. The first-order chi connectivity index (χ1) is 10.2. The second-order valence-corrected chi connectivity index (χ2v) is 11.8.